The van der Waals surface area contributed by atoms with Gasteiger partial charge in [-0.3, -0.25) is 9.59 Å². The van der Waals surface area contributed by atoms with Gasteiger partial charge in [-0.05, 0) is 44.4 Å². The fourth-order valence-electron chi connectivity index (χ4n) is 1.34. The summed E-state index contributed by atoms with van der Waals surface area (Å²) in [5.41, 5.74) is 6.62. The summed E-state index contributed by atoms with van der Waals surface area (Å²) in [4.78, 5) is 23.4. The summed E-state index contributed by atoms with van der Waals surface area (Å²) >= 11 is 1.68. The molecule has 0 bridgehead atoms. The molecule has 0 spiro atoms. The van der Waals surface area contributed by atoms with Gasteiger partial charge in [-0.1, -0.05) is 0 Å². The van der Waals surface area contributed by atoms with Gasteiger partial charge >= 0.3 is 0 Å². The molecular formula is C14H21N3O2S. The predicted molar refractivity (Wildman–Crippen MR) is 83.8 cm³/mol. The Bertz CT molecular complexity index is 472. The lowest BCUT2D eigenvalue weighted by Gasteiger charge is -2.22. The number of carbonyl (C=O) groups is 2. The topological polar surface area (TPSA) is 84.2 Å². The van der Waals surface area contributed by atoms with Crippen LogP contribution in [0.1, 0.15) is 24.2 Å². The highest BCUT2D eigenvalue weighted by Gasteiger charge is 2.17. The Labute approximate surface area is 123 Å². The van der Waals surface area contributed by atoms with E-state index >= 15 is 0 Å². The van der Waals surface area contributed by atoms with Gasteiger partial charge < -0.3 is 16.4 Å². The Balaban J connectivity index is 2.37. The molecule has 0 aliphatic rings. The summed E-state index contributed by atoms with van der Waals surface area (Å²) in [7, 11) is 0. The van der Waals surface area contributed by atoms with Crippen molar-refractivity contribution in [3.63, 3.8) is 0 Å². The molecule has 4 N–H and O–H groups in total. The molecule has 0 radical (unpaired) electrons. The van der Waals surface area contributed by atoms with Crippen LogP contribution in [0.25, 0.3) is 0 Å². The number of thioether (sulfide) groups is 1. The third-order valence-electron chi connectivity index (χ3n) is 2.85. The van der Waals surface area contributed by atoms with E-state index in [1.807, 2.05) is 20.1 Å². The molecule has 110 valence electrons. The summed E-state index contributed by atoms with van der Waals surface area (Å²) in [5, 5.41) is 5.37. The lowest BCUT2D eigenvalue weighted by atomic mass is 10.2. The van der Waals surface area contributed by atoms with Crippen molar-refractivity contribution in [2.75, 3.05) is 25.1 Å². The van der Waals surface area contributed by atoms with Crippen molar-refractivity contribution in [1.82, 2.24) is 10.6 Å². The van der Waals surface area contributed by atoms with Crippen molar-refractivity contribution in [3.8, 4) is 0 Å². The quantitative estimate of drug-likeness (QED) is 0.690. The zero-order chi connectivity index (χ0) is 15.2. The molecule has 0 atom stereocenters. The monoisotopic (exact) mass is 295 g/mol. The highest BCUT2D eigenvalue weighted by Crippen LogP contribution is 2.19. The summed E-state index contributed by atoms with van der Waals surface area (Å²) in [6, 6.07) is 6.55. The smallest absolute Gasteiger partial charge is 0.251 e. The first-order valence-electron chi connectivity index (χ1n) is 6.29. The SMILES string of the molecule is CSC(C)(C)CNC(=O)CNC(=O)c1ccc(N)cc1. The molecule has 5 nitrogen and oxygen atoms in total. The maximum atomic E-state index is 11.8. The van der Waals surface area contributed by atoms with E-state index in [0.29, 0.717) is 17.8 Å². The number of amides is 2. The van der Waals surface area contributed by atoms with Crippen molar-refractivity contribution in [3.05, 3.63) is 29.8 Å². The largest absolute Gasteiger partial charge is 0.399 e. The second kappa shape index (κ2) is 7.19. The lowest BCUT2D eigenvalue weighted by molar-refractivity contribution is -0.120. The van der Waals surface area contributed by atoms with Gasteiger partial charge in [0.1, 0.15) is 0 Å². The Morgan fingerprint density at radius 2 is 1.80 bits per heavy atom. The van der Waals surface area contributed by atoms with Crippen LogP contribution < -0.4 is 16.4 Å². The van der Waals surface area contributed by atoms with Crippen LogP contribution in [0.15, 0.2) is 24.3 Å². The number of rotatable bonds is 6. The zero-order valence-corrected chi connectivity index (χ0v) is 12.8. The Morgan fingerprint density at radius 3 is 2.35 bits per heavy atom. The van der Waals surface area contributed by atoms with Crippen LogP contribution >= 0.6 is 11.8 Å². The van der Waals surface area contributed by atoms with Gasteiger partial charge in [0, 0.05) is 22.5 Å². The molecule has 1 rings (SSSR count). The molecule has 0 aromatic heterocycles. The minimum atomic E-state index is -0.288. The van der Waals surface area contributed by atoms with Gasteiger partial charge in [-0.15, -0.1) is 0 Å². The van der Waals surface area contributed by atoms with Crippen molar-refractivity contribution >= 4 is 29.3 Å². The molecule has 1 aromatic carbocycles. The third-order valence-corrected chi connectivity index (χ3v) is 4.10. The summed E-state index contributed by atoms with van der Waals surface area (Å²) in [6.45, 7) is 4.62. The molecule has 6 heteroatoms. The van der Waals surface area contributed by atoms with E-state index in [9.17, 15) is 9.59 Å². The number of hydrogen-bond acceptors (Lipinski definition) is 4. The molecule has 0 aliphatic carbocycles. The minimum Gasteiger partial charge on any atom is -0.399 e. The van der Waals surface area contributed by atoms with Gasteiger partial charge in [-0.2, -0.15) is 11.8 Å². The Hall–Kier alpha value is -1.69. The first-order valence-corrected chi connectivity index (χ1v) is 7.52. The van der Waals surface area contributed by atoms with E-state index in [1.54, 1.807) is 36.0 Å². The van der Waals surface area contributed by atoms with E-state index < -0.39 is 0 Å². The predicted octanol–water partition coefficient (Wildman–Crippen LogP) is 1.26. The molecule has 1 aromatic rings. The van der Waals surface area contributed by atoms with Crippen LogP contribution in [0, 0.1) is 0 Å². The molecular weight excluding hydrogens is 274 g/mol. The number of hydrogen-bond donors (Lipinski definition) is 3. The van der Waals surface area contributed by atoms with Crippen molar-refractivity contribution in [1.29, 1.82) is 0 Å². The van der Waals surface area contributed by atoms with Gasteiger partial charge in [0.05, 0.1) is 6.54 Å². The number of nitrogens with two attached hydrogens (primary N) is 1. The maximum Gasteiger partial charge on any atom is 0.251 e. The Kier molecular flexibility index (Phi) is 5.88. The Morgan fingerprint density at radius 1 is 1.20 bits per heavy atom. The highest BCUT2D eigenvalue weighted by atomic mass is 32.2. The fraction of sp³-hybridized carbons (Fsp3) is 0.429. The first-order chi connectivity index (χ1) is 9.34. The highest BCUT2D eigenvalue weighted by molar-refractivity contribution is 7.99. The maximum absolute atomic E-state index is 11.8. The second-order valence-corrected chi connectivity index (χ2v) is 6.56. The van der Waals surface area contributed by atoms with E-state index in [-0.39, 0.29) is 23.1 Å². The molecule has 0 saturated carbocycles. The number of nitrogen functional groups attached to an aromatic ring is 1. The molecule has 0 unspecified atom stereocenters. The van der Waals surface area contributed by atoms with Crippen LogP contribution in [0.3, 0.4) is 0 Å². The standard InChI is InChI=1S/C14H21N3O2S/c1-14(2,20-3)9-17-12(18)8-16-13(19)10-4-6-11(15)7-5-10/h4-7H,8-9,15H2,1-3H3,(H,16,19)(H,17,18). The number of anilines is 1. The van der Waals surface area contributed by atoms with Crippen molar-refractivity contribution in [2.24, 2.45) is 0 Å². The fourth-order valence-corrected chi connectivity index (χ4v) is 1.56. The normalized spacial score (nSPS) is 10.9. The van der Waals surface area contributed by atoms with Crippen LogP contribution in [0.4, 0.5) is 5.69 Å². The molecule has 2 amide bonds. The first kappa shape index (κ1) is 16.4. The van der Waals surface area contributed by atoms with E-state index in [4.69, 9.17) is 5.73 Å². The zero-order valence-electron chi connectivity index (χ0n) is 12.0. The molecule has 0 saturated heterocycles. The molecule has 0 aliphatic heterocycles. The van der Waals surface area contributed by atoms with Crippen LogP contribution in [-0.2, 0) is 4.79 Å². The number of carbonyl (C=O) groups excluding carboxylic acids is 2. The van der Waals surface area contributed by atoms with Crippen LogP contribution in [0.2, 0.25) is 0 Å². The third kappa shape index (κ3) is 5.52. The van der Waals surface area contributed by atoms with Gasteiger partial charge in [-0.25, -0.2) is 0 Å². The van der Waals surface area contributed by atoms with Crippen molar-refractivity contribution in [2.45, 2.75) is 18.6 Å². The van der Waals surface area contributed by atoms with Gasteiger partial charge in [0.15, 0.2) is 0 Å². The van der Waals surface area contributed by atoms with Crippen LogP contribution in [-0.4, -0.2) is 35.9 Å². The number of benzene rings is 1. The molecule has 20 heavy (non-hydrogen) atoms. The van der Waals surface area contributed by atoms with E-state index in [1.165, 1.54) is 0 Å². The lowest BCUT2D eigenvalue weighted by Crippen LogP contribution is -2.42. The minimum absolute atomic E-state index is 0.0172. The van der Waals surface area contributed by atoms with Gasteiger partial charge in [0.25, 0.3) is 5.91 Å². The van der Waals surface area contributed by atoms with Crippen LogP contribution in [0.5, 0.6) is 0 Å². The molecule has 0 heterocycles. The number of nitrogens with one attached hydrogen (secondary N) is 2. The summed E-state index contributed by atoms with van der Waals surface area (Å²) in [5.74, 6) is -0.486. The van der Waals surface area contributed by atoms with Crippen molar-refractivity contribution < 1.29 is 9.59 Å². The summed E-state index contributed by atoms with van der Waals surface area (Å²) in [6.07, 6.45) is 2.00. The molecule has 0 fully saturated rings. The average molecular weight is 295 g/mol. The average Bonchev–Trinajstić information content (AvgIpc) is 2.43. The van der Waals surface area contributed by atoms with Gasteiger partial charge in [0.2, 0.25) is 5.91 Å². The summed E-state index contributed by atoms with van der Waals surface area (Å²) < 4.78 is -0.0172. The second-order valence-electron chi connectivity index (χ2n) is 5.05. The van der Waals surface area contributed by atoms with E-state index in [0.717, 1.165) is 0 Å². The van der Waals surface area contributed by atoms with E-state index in [2.05, 4.69) is 10.6 Å².